The van der Waals surface area contributed by atoms with E-state index in [4.69, 9.17) is 4.42 Å². The van der Waals surface area contributed by atoms with Crippen molar-refractivity contribution in [2.24, 2.45) is 0 Å². The van der Waals surface area contributed by atoms with Crippen LogP contribution < -0.4 is 5.32 Å². The van der Waals surface area contributed by atoms with Gasteiger partial charge in [0.05, 0.1) is 22.4 Å². The molecule has 2 aromatic heterocycles. The summed E-state index contributed by atoms with van der Waals surface area (Å²) in [5, 5.41) is 14.1. The zero-order valence-corrected chi connectivity index (χ0v) is 18.2. The molecule has 0 radical (unpaired) electrons. The van der Waals surface area contributed by atoms with E-state index < -0.39 is 5.25 Å². The van der Waals surface area contributed by atoms with Gasteiger partial charge in [0.2, 0.25) is 11.8 Å². The predicted octanol–water partition coefficient (Wildman–Crippen LogP) is 5.21. The summed E-state index contributed by atoms with van der Waals surface area (Å²) in [5.41, 5.74) is 3.70. The van der Waals surface area contributed by atoms with Crippen LogP contribution in [-0.4, -0.2) is 26.3 Å². The first-order valence-corrected chi connectivity index (χ1v) is 11.2. The Hall–Kier alpha value is -2.97. The number of rotatable bonds is 7. The van der Waals surface area contributed by atoms with E-state index in [-0.39, 0.29) is 5.91 Å². The van der Waals surface area contributed by atoms with E-state index in [1.54, 1.807) is 11.3 Å². The molecule has 2 heterocycles. The summed E-state index contributed by atoms with van der Waals surface area (Å²) in [6.07, 6.45) is 0.489. The van der Waals surface area contributed by atoms with Crippen molar-refractivity contribution < 1.29 is 9.21 Å². The second kappa shape index (κ2) is 9.23. The number of nitrogens with one attached hydrogen (secondary N) is 1. The van der Waals surface area contributed by atoms with Crippen LogP contribution in [0.5, 0.6) is 0 Å². The minimum atomic E-state index is -0.399. The lowest BCUT2D eigenvalue weighted by Crippen LogP contribution is -2.22. The van der Waals surface area contributed by atoms with Gasteiger partial charge in [-0.25, -0.2) is 4.98 Å². The van der Waals surface area contributed by atoms with Gasteiger partial charge in [0, 0.05) is 16.6 Å². The van der Waals surface area contributed by atoms with Crippen LogP contribution in [0.25, 0.3) is 11.1 Å². The average Bonchev–Trinajstić information content (AvgIpc) is 3.37. The van der Waals surface area contributed by atoms with Gasteiger partial charge in [-0.05, 0) is 25.5 Å². The van der Waals surface area contributed by atoms with E-state index >= 15 is 0 Å². The molecule has 0 unspecified atom stereocenters. The van der Waals surface area contributed by atoms with Gasteiger partial charge in [0.1, 0.15) is 0 Å². The molecule has 0 aliphatic rings. The summed E-state index contributed by atoms with van der Waals surface area (Å²) in [6, 6.07) is 17.7. The molecule has 0 saturated heterocycles. The molecular formula is C22H20N4O2S2. The quantitative estimate of drug-likeness (QED) is 0.401. The molecule has 2 aromatic carbocycles. The predicted molar refractivity (Wildman–Crippen MR) is 120 cm³/mol. The van der Waals surface area contributed by atoms with Gasteiger partial charge in [-0.15, -0.1) is 21.5 Å². The number of aryl methyl sites for hydroxylation is 1. The number of carbonyl (C=O) groups is 1. The fourth-order valence-electron chi connectivity index (χ4n) is 2.90. The number of anilines is 1. The molecule has 0 aliphatic carbocycles. The monoisotopic (exact) mass is 436 g/mol. The maximum Gasteiger partial charge on any atom is 0.277 e. The van der Waals surface area contributed by atoms with Gasteiger partial charge in [-0.2, -0.15) is 0 Å². The van der Waals surface area contributed by atoms with Crippen molar-refractivity contribution >= 4 is 34.7 Å². The van der Waals surface area contributed by atoms with E-state index in [9.17, 15) is 4.79 Å². The van der Waals surface area contributed by atoms with Crippen LogP contribution in [0.3, 0.4) is 0 Å². The number of nitrogens with zero attached hydrogens (tertiary/aromatic N) is 3. The van der Waals surface area contributed by atoms with Crippen LogP contribution in [0.15, 0.2) is 69.6 Å². The molecule has 8 heteroatoms. The lowest BCUT2D eigenvalue weighted by atomic mass is 10.0. The van der Waals surface area contributed by atoms with Gasteiger partial charge in [-0.3, -0.25) is 4.79 Å². The number of thiazole rings is 1. The molecule has 0 aliphatic heterocycles. The Morgan fingerprint density at radius 1 is 1.13 bits per heavy atom. The Balaban J connectivity index is 1.40. The number of amides is 1. The number of aromatic nitrogens is 3. The molecule has 0 fully saturated rings. The molecule has 4 rings (SSSR count). The zero-order valence-electron chi connectivity index (χ0n) is 16.5. The summed E-state index contributed by atoms with van der Waals surface area (Å²) < 4.78 is 5.69. The SMILES string of the molecule is Cc1nc(Cc2nnc(S[C@H](C)C(=O)Nc3ccccc3-c3ccccc3)o2)cs1. The average molecular weight is 437 g/mol. The molecular weight excluding hydrogens is 416 g/mol. The lowest BCUT2D eigenvalue weighted by molar-refractivity contribution is -0.115. The number of hydrogen-bond acceptors (Lipinski definition) is 7. The Kier molecular flexibility index (Phi) is 6.25. The topological polar surface area (TPSA) is 80.9 Å². The largest absolute Gasteiger partial charge is 0.416 e. The van der Waals surface area contributed by atoms with Gasteiger partial charge >= 0.3 is 0 Å². The molecule has 1 N–H and O–H groups in total. The van der Waals surface area contributed by atoms with Crippen molar-refractivity contribution in [3.05, 3.63) is 76.6 Å². The van der Waals surface area contributed by atoms with E-state index in [2.05, 4.69) is 20.5 Å². The normalized spacial score (nSPS) is 11.9. The van der Waals surface area contributed by atoms with Crippen molar-refractivity contribution in [3.63, 3.8) is 0 Å². The number of para-hydroxylation sites is 1. The van der Waals surface area contributed by atoms with Crippen molar-refractivity contribution in [2.45, 2.75) is 30.7 Å². The molecule has 1 amide bonds. The first-order chi connectivity index (χ1) is 14.6. The van der Waals surface area contributed by atoms with Gasteiger partial charge < -0.3 is 9.73 Å². The van der Waals surface area contributed by atoms with E-state index in [1.165, 1.54) is 11.8 Å². The smallest absolute Gasteiger partial charge is 0.277 e. The first kappa shape index (κ1) is 20.3. The minimum Gasteiger partial charge on any atom is -0.416 e. The highest BCUT2D eigenvalue weighted by molar-refractivity contribution is 8.00. The van der Waals surface area contributed by atoms with E-state index in [0.29, 0.717) is 17.5 Å². The highest BCUT2D eigenvalue weighted by Crippen LogP contribution is 2.29. The molecule has 0 spiro atoms. The van der Waals surface area contributed by atoms with Crippen molar-refractivity contribution in [3.8, 4) is 11.1 Å². The summed E-state index contributed by atoms with van der Waals surface area (Å²) in [5.74, 6) is 0.364. The van der Waals surface area contributed by atoms with Gasteiger partial charge in [0.25, 0.3) is 5.22 Å². The van der Waals surface area contributed by atoms with Crippen LogP contribution in [-0.2, 0) is 11.2 Å². The van der Waals surface area contributed by atoms with Gasteiger partial charge in [0.15, 0.2) is 0 Å². The molecule has 1 atom stereocenters. The van der Waals surface area contributed by atoms with E-state index in [1.807, 2.05) is 73.8 Å². The van der Waals surface area contributed by atoms with Crippen LogP contribution in [0, 0.1) is 6.92 Å². The molecule has 30 heavy (non-hydrogen) atoms. The Bertz CT molecular complexity index is 1140. The first-order valence-electron chi connectivity index (χ1n) is 9.44. The number of hydrogen-bond donors (Lipinski definition) is 1. The number of carbonyl (C=O) groups excluding carboxylic acids is 1. The molecule has 4 aromatic rings. The Morgan fingerprint density at radius 2 is 1.90 bits per heavy atom. The van der Waals surface area contributed by atoms with Crippen LogP contribution in [0.2, 0.25) is 0 Å². The maximum atomic E-state index is 12.8. The van der Waals surface area contributed by atoms with Crippen LogP contribution in [0.1, 0.15) is 23.5 Å². The molecule has 6 nitrogen and oxygen atoms in total. The summed E-state index contributed by atoms with van der Waals surface area (Å²) in [4.78, 5) is 17.2. The maximum absolute atomic E-state index is 12.8. The fraction of sp³-hybridized carbons (Fsp3) is 0.182. The highest BCUT2D eigenvalue weighted by atomic mass is 32.2. The summed E-state index contributed by atoms with van der Waals surface area (Å²) in [6.45, 7) is 3.78. The zero-order chi connectivity index (χ0) is 20.9. The third-order valence-electron chi connectivity index (χ3n) is 4.36. The molecule has 152 valence electrons. The number of thioether (sulfide) groups is 1. The third kappa shape index (κ3) is 4.95. The van der Waals surface area contributed by atoms with E-state index in [0.717, 1.165) is 27.5 Å². The molecule has 0 bridgehead atoms. The van der Waals surface area contributed by atoms with Crippen LogP contribution in [0.4, 0.5) is 5.69 Å². The van der Waals surface area contributed by atoms with Crippen molar-refractivity contribution in [1.29, 1.82) is 0 Å². The summed E-state index contributed by atoms with van der Waals surface area (Å²) >= 11 is 2.83. The third-order valence-corrected chi connectivity index (χ3v) is 6.12. The standard InChI is InChI=1S/C22H20N4O2S2/c1-14(30-22-26-25-20(28-22)12-17-13-29-15(2)23-17)21(27)24-19-11-7-6-10-18(19)16-8-4-3-5-9-16/h3-11,13-14H,12H2,1-2H3,(H,24,27)/t14-/m1/s1. The summed E-state index contributed by atoms with van der Waals surface area (Å²) in [7, 11) is 0. The Morgan fingerprint density at radius 3 is 2.67 bits per heavy atom. The fourth-order valence-corrected chi connectivity index (χ4v) is 4.22. The second-order valence-corrected chi connectivity index (χ2v) is 9.01. The lowest BCUT2D eigenvalue weighted by Gasteiger charge is -2.14. The minimum absolute atomic E-state index is 0.127. The van der Waals surface area contributed by atoms with Crippen LogP contribution >= 0.6 is 23.1 Å². The van der Waals surface area contributed by atoms with Crippen molar-refractivity contribution in [2.75, 3.05) is 5.32 Å². The Labute approximate surface area is 182 Å². The second-order valence-electron chi connectivity index (χ2n) is 6.66. The molecule has 0 saturated carbocycles. The van der Waals surface area contributed by atoms with Gasteiger partial charge in [-0.1, -0.05) is 60.3 Å². The number of benzene rings is 2. The van der Waals surface area contributed by atoms with Crippen molar-refractivity contribution in [1.82, 2.24) is 15.2 Å². The highest BCUT2D eigenvalue weighted by Gasteiger charge is 2.20.